The number of ether oxygens (including phenoxy) is 2. The van der Waals surface area contributed by atoms with E-state index in [1.807, 2.05) is 0 Å². The minimum Gasteiger partial charge on any atom is -0.497 e. The minimum absolute atomic E-state index is 0.158. The van der Waals surface area contributed by atoms with E-state index in [0.29, 0.717) is 28.3 Å². The van der Waals surface area contributed by atoms with Gasteiger partial charge in [0, 0.05) is 10.2 Å². The summed E-state index contributed by atoms with van der Waals surface area (Å²) in [6, 6.07) is 26.2. The number of para-hydroxylation sites is 1. The van der Waals surface area contributed by atoms with Gasteiger partial charge in [-0.05, 0) is 90.5 Å². The van der Waals surface area contributed by atoms with Crippen LogP contribution >= 0.6 is 15.9 Å². The topological polar surface area (TPSA) is 135 Å². The first-order valence-electron chi connectivity index (χ1n) is 12.1. The second kappa shape index (κ2) is 13.7. The Morgan fingerprint density at radius 2 is 1.41 bits per heavy atom. The molecule has 0 radical (unpaired) electrons. The highest BCUT2D eigenvalue weighted by molar-refractivity contribution is 9.10. The van der Waals surface area contributed by atoms with Crippen LogP contribution in [-0.2, 0) is 9.59 Å². The molecule has 10 nitrogen and oxygen atoms in total. The largest absolute Gasteiger partial charge is 0.497 e. The van der Waals surface area contributed by atoms with Crippen LogP contribution in [-0.4, -0.2) is 37.0 Å². The van der Waals surface area contributed by atoms with Crippen LogP contribution in [0, 0.1) is 0 Å². The van der Waals surface area contributed by atoms with Crippen LogP contribution < -0.4 is 25.5 Å². The smallest absolute Gasteiger partial charge is 0.343 e. The molecule has 0 atom stereocenters. The fraction of sp³-hybridized carbons (Fsp3) is 0.0333. The van der Waals surface area contributed by atoms with Crippen LogP contribution in [0.4, 0.5) is 11.4 Å². The first-order chi connectivity index (χ1) is 19.8. The van der Waals surface area contributed by atoms with Crippen molar-refractivity contribution in [2.75, 3.05) is 17.7 Å². The SMILES string of the molecule is COc1ccc(C(=O)Oc2ccc(/C=N\NC(=O)C(=O)Nc3ccccc3C(=O)Nc3ccc(Br)cc3)cc2)cc1. The van der Waals surface area contributed by atoms with Gasteiger partial charge in [0.05, 0.1) is 30.1 Å². The lowest BCUT2D eigenvalue weighted by molar-refractivity contribution is -0.136. The number of methoxy groups -OCH3 is 1. The summed E-state index contributed by atoms with van der Waals surface area (Å²) in [5.74, 6) is -2.09. The van der Waals surface area contributed by atoms with Gasteiger partial charge in [-0.3, -0.25) is 14.4 Å². The summed E-state index contributed by atoms with van der Waals surface area (Å²) in [5, 5.41) is 8.96. The van der Waals surface area contributed by atoms with E-state index >= 15 is 0 Å². The zero-order chi connectivity index (χ0) is 29.2. The van der Waals surface area contributed by atoms with E-state index in [0.717, 1.165) is 4.47 Å². The molecular weight excluding hydrogens is 592 g/mol. The number of nitrogens with zero attached hydrogens (tertiary/aromatic N) is 1. The summed E-state index contributed by atoms with van der Waals surface area (Å²) in [4.78, 5) is 49.8. The Kier molecular flexibility index (Phi) is 9.57. The number of carbonyl (C=O) groups excluding carboxylic acids is 4. The Morgan fingerprint density at radius 3 is 2.10 bits per heavy atom. The summed E-state index contributed by atoms with van der Waals surface area (Å²) in [6.07, 6.45) is 1.32. The molecule has 0 saturated heterocycles. The van der Waals surface area contributed by atoms with Crippen molar-refractivity contribution < 1.29 is 28.7 Å². The van der Waals surface area contributed by atoms with E-state index in [1.54, 1.807) is 84.9 Å². The molecule has 0 aliphatic heterocycles. The third-order valence-electron chi connectivity index (χ3n) is 5.52. The number of esters is 1. The molecule has 0 fully saturated rings. The minimum atomic E-state index is -1.03. The quantitative estimate of drug-likeness (QED) is 0.0838. The molecule has 0 spiro atoms. The van der Waals surface area contributed by atoms with Crippen molar-refractivity contribution in [2.24, 2.45) is 5.10 Å². The lowest BCUT2D eigenvalue weighted by atomic mass is 10.1. The Morgan fingerprint density at radius 1 is 0.756 bits per heavy atom. The molecule has 3 N–H and O–H groups in total. The molecule has 4 aromatic rings. The van der Waals surface area contributed by atoms with E-state index in [9.17, 15) is 19.2 Å². The van der Waals surface area contributed by atoms with Crippen molar-refractivity contribution in [3.63, 3.8) is 0 Å². The number of hydrogen-bond acceptors (Lipinski definition) is 7. The molecule has 11 heteroatoms. The number of hydrogen-bond donors (Lipinski definition) is 3. The van der Waals surface area contributed by atoms with Gasteiger partial charge >= 0.3 is 17.8 Å². The zero-order valence-electron chi connectivity index (χ0n) is 21.6. The third kappa shape index (κ3) is 8.10. The summed E-state index contributed by atoms with van der Waals surface area (Å²) in [6.45, 7) is 0. The average Bonchev–Trinajstić information content (AvgIpc) is 2.99. The summed E-state index contributed by atoms with van der Waals surface area (Å²) in [7, 11) is 1.54. The average molecular weight is 615 g/mol. The van der Waals surface area contributed by atoms with Crippen LogP contribution in [0.2, 0.25) is 0 Å². The second-order valence-electron chi connectivity index (χ2n) is 8.35. The molecule has 0 heterocycles. The maximum atomic E-state index is 12.7. The summed E-state index contributed by atoms with van der Waals surface area (Å²) < 4.78 is 11.3. The fourth-order valence-corrected chi connectivity index (χ4v) is 3.70. The molecule has 41 heavy (non-hydrogen) atoms. The fourth-order valence-electron chi connectivity index (χ4n) is 3.43. The van der Waals surface area contributed by atoms with Gasteiger partial charge in [0.15, 0.2) is 0 Å². The number of benzene rings is 4. The number of amides is 3. The van der Waals surface area contributed by atoms with Gasteiger partial charge in [0.1, 0.15) is 11.5 Å². The number of hydrazone groups is 1. The van der Waals surface area contributed by atoms with Gasteiger partial charge < -0.3 is 20.1 Å². The predicted octanol–water partition coefficient (Wildman–Crippen LogP) is 5.02. The molecule has 0 aliphatic rings. The highest BCUT2D eigenvalue weighted by atomic mass is 79.9. The lowest BCUT2D eigenvalue weighted by Gasteiger charge is -2.11. The van der Waals surface area contributed by atoms with Crippen LogP contribution in [0.1, 0.15) is 26.3 Å². The first-order valence-corrected chi connectivity index (χ1v) is 12.9. The standard InChI is InChI=1S/C30H23BrN4O6/c1-40-23-16-8-20(9-17-23)30(39)41-24-14-6-19(7-15-24)18-32-35-29(38)28(37)34-26-5-3-2-4-25(26)27(36)33-22-12-10-21(31)11-13-22/h2-18H,1H3,(H,33,36)(H,34,37)(H,35,38)/b32-18-. The highest BCUT2D eigenvalue weighted by Gasteiger charge is 2.18. The van der Waals surface area contributed by atoms with Crippen LogP contribution in [0.15, 0.2) is 107 Å². The van der Waals surface area contributed by atoms with Gasteiger partial charge in [0.2, 0.25) is 0 Å². The number of anilines is 2. The van der Waals surface area contributed by atoms with E-state index < -0.39 is 23.7 Å². The van der Waals surface area contributed by atoms with Crippen LogP contribution in [0.25, 0.3) is 0 Å². The number of carbonyl (C=O) groups is 4. The molecule has 4 rings (SSSR count). The van der Waals surface area contributed by atoms with E-state index in [4.69, 9.17) is 9.47 Å². The van der Waals surface area contributed by atoms with E-state index in [-0.39, 0.29) is 11.3 Å². The number of nitrogens with one attached hydrogen (secondary N) is 3. The Balaban J connectivity index is 1.29. The molecule has 206 valence electrons. The van der Waals surface area contributed by atoms with E-state index in [1.165, 1.54) is 25.5 Å². The maximum Gasteiger partial charge on any atom is 0.343 e. The predicted molar refractivity (Wildman–Crippen MR) is 157 cm³/mol. The first kappa shape index (κ1) is 28.7. The van der Waals surface area contributed by atoms with Crippen molar-refractivity contribution in [3.05, 3.63) is 118 Å². The molecular formula is C30H23BrN4O6. The lowest BCUT2D eigenvalue weighted by Crippen LogP contribution is -2.33. The molecule has 4 aromatic carbocycles. The van der Waals surface area contributed by atoms with Crippen LogP contribution in [0.5, 0.6) is 11.5 Å². The van der Waals surface area contributed by atoms with Crippen molar-refractivity contribution in [1.29, 1.82) is 0 Å². The van der Waals surface area contributed by atoms with E-state index in [2.05, 4.69) is 37.1 Å². The Hall–Kier alpha value is -5.29. The van der Waals surface area contributed by atoms with Crippen molar-refractivity contribution in [3.8, 4) is 11.5 Å². The van der Waals surface area contributed by atoms with Crippen molar-refractivity contribution >= 4 is 57.2 Å². The molecule has 0 aliphatic carbocycles. The molecule has 3 amide bonds. The Bertz CT molecular complexity index is 1590. The normalized spacial score (nSPS) is 10.5. The number of rotatable bonds is 8. The summed E-state index contributed by atoms with van der Waals surface area (Å²) in [5.41, 5.74) is 3.98. The van der Waals surface area contributed by atoms with Crippen molar-refractivity contribution in [2.45, 2.75) is 0 Å². The van der Waals surface area contributed by atoms with Gasteiger partial charge in [-0.2, -0.15) is 5.10 Å². The summed E-state index contributed by atoms with van der Waals surface area (Å²) >= 11 is 3.33. The molecule has 0 bridgehead atoms. The van der Waals surface area contributed by atoms with Crippen molar-refractivity contribution in [1.82, 2.24) is 5.43 Å². The highest BCUT2D eigenvalue weighted by Crippen LogP contribution is 2.19. The number of halogens is 1. The third-order valence-corrected chi connectivity index (χ3v) is 6.05. The van der Waals surface area contributed by atoms with Gasteiger partial charge in [-0.15, -0.1) is 0 Å². The monoisotopic (exact) mass is 614 g/mol. The van der Waals surface area contributed by atoms with Crippen LogP contribution in [0.3, 0.4) is 0 Å². The van der Waals surface area contributed by atoms with Gasteiger partial charge in [0.25, 0.3) is 5.91 Å². The van der Waals surface area contributed by atoms with Gasteiger partial charge in [-0.25, -0.2) is 10.2 Å². The molecule has 0 saturated carbocycles. The Labute approximate surface area is 243 Å². The van der Waals surface area contributed by atoms with Gasteiger partial charge in [-0.1, -0.05) is 28.1 Å². The zero-order valence-corrected chi connectivity index (χ0v) is 23.2. The molecule has 0 unspecified atom stereocenters. The maximum absolute atomic E-state index is 12.7. The molecule has 0 aromatic heterocycles. The second-order valence-corrected chi connectivity index (χ2v) is 9.26.